The van der Waals surface area contributed by atoms with Crippen molar-refractivity contribution < 1.29 is 18.9 Å². The molecule has 24 heavy (non-hydrogen) atoms. The second kappa shape index (κ2) is 6.37. The van der Waals surface area contributed by atoms with E-state index in [1.165, 1.54) is 20.3 Å². The third kappa shape index (κ3) is 2.76. The van der Waals surface area contributed by atoms with Gasteiger partial charge in [0.25, 0.3) is 5.89 Å². The zero-order chi connectivity index (χ0) is 17.1. The third-order valence-electron chi connectivity index (χ3n) is 3.36. The molecule has 2 aromatic carbocycles. The predicted molar refractivity (Wildman–Crippen MR) is 84.9 cm³/mol. The molecule has 8 heteroatoms. The lowest BCUT2D eigenvalue weighted by atomic mass is 10.1. The summed E-state index contributed by atoms with van der Waals surface area (Å²) in [5.74, 6) is 0.788. The maximum atomic E-state index is 11.3. The summed E-state index contributed by atoms with van der Waals surface area (Å²) >= 11 is 0. The zero-order valence-corrected chi connectivity index (χ0v) is 12.9. The van der Waals surface area contributed by atoms with Gasteiger partial charge in [-0.05, 0) is 6.07 Å². The number of nitro benzene ring substituents is 1. The number of aromatic nitrogens is 2. The molecule has 0 radical (unpaired) electrons. The van der Waals surface area contributed by atoms with E-state index in [9.17, 15) is 10.1 Å². The van der Waals surface area contributed by atoms with Gasteiger partial charge in [0.2, 0.25) is 11.6 Å². The SMILES string of the molecule is COc1cc(-c2nc(-c3ccccc3)no2)cc([N+](=O)[O-])c1OC. The van der Waals surface area contributed by atoms with E-state index in [-0.39, 0.29) is 23.1 Å². The van der Waals surface area contributed by atoms with Crippen molar-refractivity contribution in [2.75, 3.05) is 14.2 Å². The molecule has 1 aromatic heterocycles. The number of ether oxygens (including phenoxy) is 2. The fourth-order valence-electron chi connectivity index (χ4n) is 2.25. The zero-order valence-electron chi connectivity index (χ0n) is 12.9. The van der Waals surface area contributed by atoms with E-state index in [0.29, 0.717) is 11.4 Å². The first-order chi connectivity index (χ1) is 11.6. The Morgan fingerprint density at radius 2 is 1.83 bits per heavy atom. The van der Waals surface area contributed by atoms with E-state index in [4.69, 9.17) is 14.0 Å². The van der Waals surface area contributed by atoms with Crippen molar-refractivity contribution in [3.63, 3.8) is 0 Å². The highest BCUT2D eigenvalue weighted by molar-refractivity contribution is 5.69. The minimum Gasteiger partial charge on any atom is -0.493 e. The normalized spacial score (nSPS) is 10.4. The van der Waals surface area contributed by atoms with Crippen LogP contribution in [-0.4, -0.2) is 29.3 Å². The minimum atomic E-state index is -0.556. The largest absolute Gasteiger partial charge is 0.493 e. The van der Waals surface area contributed by atoms with Gasteiger partial charge in [0.05, 0.1) is 24.7 Å². The van der Waals surface area contributed by atoms with E-state index in [0.717, 1.165) is 5.56 Å². The molecule has 8 nitrogen and oxygen atoms in total. The smallest absolute Gasteiger partial charge is 0.315 e. The van der Waals surface area contributed by atoms with Crippen LogP contribution >= 0.6 is 0 Å². The van der Waals surface area contributed by atoms with Crippen molar-refractivity contribution in [3.8, 4) is 34.3 Å². The van der Waals surface area contributed by atoms with Gasteiger partial charge < -0.3 is 14.0 Å². The van der Waals surface area contributed by atoms with Crippen LogP contribution in [0.4, 0.5) is 5.69 Å². The summed E-state index contributed by atoms with van der Waals surface area (Å²) in [7, 11) is 2.74. The first-order valence-corrected chi connectivity index (χ1v) is 6.94. The van der Waals surface area contributed by atoms with Crippen LogP contribution in [0.25, 0.3) is 22.8 Å². The van der Waals surface area contributed by atoms with Gasteiger partial charge in [-0.2, -0.15) is 4.98 Å². The molecule has 0 spiro atoms. The molecule has 0 saturated carbocycles. The van der Waals surface area contributed by atoms with Gasteiger partial charge in [-0.15, -0.1) is 0 Å². The maximum Gasteiger partial charge on any atom is 0.315 e. The number of hydrogen-bond donors (Lipinski definition) is 0. The molecule has 0 N–H and O–H groups in total. The molecule has 1 heterocycles. The topological polar surface area (TPSA) is 101 Å². The van der Waals surface area contributed by atoms with Gasteiger partial charge in [-0.25, -0.2) is 0 Å². The Bertz CT molecular complexity index is 877. The molecule has 122 valence electrons. The summed E-state index contributed by atoms with van der Waals surface area (Å²) in [6.45, 7) is 0. The second-order valence-electron chi connectivity index (χ2n) is 4.78. The van der Waals surface area contributed by atoms with Gasteiger partial charge in [0, 0.05) is 11.6 Å². The quantitative estimate of drug-likeness (QED) is 0.523. The van der Waals surface area contributed by atoms with Crippen LogP contribution < -0.4 is 9.47 Å². The van der Waals surface area contributed by atoms with Crippen LogP contribution in [0.5, 0.6) is 11.5 Å². The monoisotopic (exact) mass is 327 g/mol. The summed E-state index contributed by atoms with van der Waals surface area (Å²) in [4.78, 5) is 15.0. The molecule has 0 bridgehead atoms. The summed E-state index contributed by atoms with van der Waals surface area (Å²) in [6, 6.07) is 12.1. The number of hydrogen-bond acceptors (Lipinski definition) is 7. The fourth-order valence-corrected chi connectivity index (χ4v) is 2.25. The Morgan fingerprint density at radius 1 is 1.08 bits per heavy atom. The number of nitro groups is 1. The standard InChI is InChI=1S/C16H13N3O5/c1-22-13-9-11(8-12(19(20)21)14(13)23-2)16-17-15(18-24-16)10-6-4-3-5-7-10/h3-9H,1-2H3. The molecule has 3 rings (SSSR count). The van der Waals surface area contributed by atoms with Gasteiger partial charge in [-0.3, -0.25) is 10.1 Å². The van der Waals surface area contributed by atoms with E-state index in [1.807, 2.05) is 30.3 Å². The lowest BCUT2D eigenvalue weighted by Gasteiger charge is -2.08. The number of nitrogens with zero attached hydrogens (tertiary/aromatic N) is 3. The van der Waals surface area contributed by atoms with Crippen LogP contribution in [0, 0.1) is 10.1 Å². The molecule has 0 aliphatic carbocycles. The summed E-state index contributed by atoms with van der Waals surface area (Å²) in [6.07, 6.45) is 0. The van der Waals surface area contributed by atoms with E-state index < -0.39 is 4.92 Å². The first kappa shape index (κ1) is 15.5. The van der Waals surface area contributed by atoms with Crippen LogP contribution in [-0.2, 0) is 0 Å². The van der Waals surface area contributed by atoms with Crippen molar-refractivity contribution in [1.29, 1.82) is 0 Å². The molecule has 3 aromatic rings. The van der Waals surface area contributed by atoms with E-state index in [1.54, 1.807) is 6.07 Å². The van der Waals surface area contributed by atoms with Gasteiger partial charge in [-0.1, -0.05) is 35.5 Å². The molecule has 0 amide bonds. The Labute approximate surface area is 136 Å². The van der Waals surface area contributed by atoms with Crippen LogP contribution in [0.3, 0.4) is 0 Å². The average Bonchev–Trinajstić information content (AvgIpc) is 3.11. The Hall–Kier alpha value is -3.42. The van der Waals surface area contributed by atoms with E-state index >= 15 is 0 Å². The molecular formula is C16H13N3O5. The van der Waals surface area contributed by atoms with Crippen LogP contribution in [0.15, 0.2) is 47.0 Å². The average molecular weight is 327 g/mol. The molecule has 0 saturated heterocycles. The lowest BCUT2D eigenvalue weighted by molar-refractivity contribution is -0.385. The molecule has 0 aliphatic heterocycles. The van der Waals surface area contributed by atoms with Crippen molar-refractivity contribution in [2.24, 2.45) is 0 Å². The highest BCUT2D eigenvalue weighted by atomic mass is 16.6. The van der Waals surface area contributed by atoms with Gasteiger partial charge in [0.15, 0.2) is 5.75 Å². The first-order valence-electron chi connectivity index (χ1n) is 6.94. The van der Waals surface area contributed by atoms with Crippen LogP contribution in [0.2, 0.25) is 0 Å². The summed E-state index contributed by atoms with van der Waals surface area (Å²) in [5.41, 5.74) is 0.905. The highest BCUT2D eigenvalue weighted by Gasteiger charge is 2.24. The van der Waals surface area contributed by atoms with Gasteiger partial charge in [0.1, 0.15) is 0 Å². The van der Waals surface area contributed by atoms with Gasteiger partial charge >= 0.3 is 5.69 Å². The highest BCUT2D eigenvalue weighted by Crippen LogP contribution is 2.40. The Morgan fingerprint density at radius 3 is 2.46 bits per heavy atom. The number of benzene rings is 2. The Balaban J connectivity index is 2.08. The van der Waals surface area contributed by atoms with Crippen molar-refractivity contribution in [2.45, 2.75) is 0 Å². The van der Waals surface area contributed by atoms with Crippen molar-refractivity contribution in [1.82, 2.24) is 10.1 Å². The third-order valence-corrected chi connectivity index (χ3v) is 3.36. The number of methoxy groups -OCH3 is 2. The molecule has 0 atom stereocenters. The second-order valence-corrected chi connectivity index (χ2v) is 4.78. The predicted octanol–water partition coefficient (Wildman–Crippen LogP) is 3.33. The minimum absolute atomic E-state index is 0.0362. The fraction of sp³-hybridized carbons (Fsp3) is 0.125. The van der Waals surface area contributed by atoms with Crippen molar-refractivity contribution in [3.05, 3.63) is 52.6 Å². The molecule has 0 unspecified atom stereocenters. The van der Waals surface area contributed by atoms with Crippen molar-refractivity contribution >= 4 is 5.69 Å². The number of rotatable bonds is 5. The summed E-state index contributed by atoms with van der Waals surface area (Å²) < 4.78 is 15.5. The maximum absolute atomic E-state index is 11.3. The van der Waals surface area contributed by atoms with E-state index in [2.05, 4.69) is 10.1 Å². The van der Waals surface area contributed by atoms with Crippen LogP contribution in [0.1, 0.15) is 0 Å². The summed E-state index contributed by atoms with van der Waals surface area (Å²) in [5, 5.41) is 15.2. The lowest BCUT2D eigenvalue weighted by Crippen LogP contribution is -1.98. The molecule has 0 aliphatic rings. The Kier molecular flexibility index (Phi) is 4.11. The molecule has 0 fully saturated rings. The molecular weight excluding hydrogens is 314 g/mol.